The van der Waals surface area contributed by atoms with Crippen LogP contribution in [0.25, 0.3) is 0 Å². The number of nitrogens with one attached hydrogen (secondary N) is 1. The molecular weight excluding hydrogens is 214 g/mol. The molecule has 1 aromatic rings. The molecule has 0 bridgehead atoms. The lowest BCUT2D eigenvalue weighted by Gasteiger charge is -2.19. The molecule has 1 rings (SSSR count). The number of rotatable bonds is 4. The number of nitrogen functional groups attached to an aromatic ring is 1. The minimum Gasteiger partial charge on any atom is -0.399 e. The largest absolute Gasteiger partial charge is 0.399 e. The first-order chi connectivity index (χ1) is 6.97. The Hall–Kier alpha value is -1.27. The van der Waals surface area contributed by atoms with Crippen LogP contribution in [0.15, 0.2) is 24.3 Å². The zero-order chi connectivity index (χ0) is 11.5. The molecule has 0 saturated carbocycles. The third-order valence-electron chi connectivity index (χ3n) is 1.94. The lowest BCUT2D eigenvalue weighted by Crippen LogP contribution is -2.38. The molecule has 15 heavy (non-hydrogen) atoms. The van der Waals surface area contributed by atoms with Gasteiger partial charge in [0.15, 0.2) is 0 Å². The van der Waals surface area contributed by atoms with Crippen molar-refractivity contribution in [2.75, 3.05) is 23.6 Å². The van der Waals surface area contributed by atoms with Crippen LogP contribution in [0.4, 0.5) is 11.4 Å². The number of anilines is 2. The first kappa shape index (κ1) is 11.8. The summed E-state index contributed by atoms with van der Waals surface area (Å²) in [6.07, 6.45) is 0. The quantitative estimate of drug-likeness (QED) is 0.741. The van der Waals surface area contributed by atoms with Crippen molar-refractivity contribution in [3.8, 4) is 0 Å². The molecule has 0 radical (unpaired) electrons. The number of nitrogens with zero attached hydrogens (tertiary/aromatic N) is 1. The van der Waals surface area contributed by atoms with Crippen molar-refractivity contribution in [2.45, 2.75) is 6.92 Å². The van der Waals surface area contributed by atoms with Crippen LogP contribution in [-0.2, 0) is 10.2 Å². The standard InChI is InChI=1S/C9H15N3O2S/c1-3-11-15(13,14)12(2)9-6-4-8(10)5-7-9/h4-7,11H,3,10H2,1-2H3. The summed E-state index contributed by atoms with van der Waals surface area (Å²) in [6, 6.07) is 6.63. The summed E-state index contributed by atoms with van der Waals surface area (Å²) >= 11 is 0. The predicted molar refractivity (Wildman–Crippen MR) is 61.9 cm³/mol. The second kappa shape index (κ2) is 4.50. The van der Waals surface area contributed by atoms with Gasteiger partial charge in [0.2, 0.25) is 0 Å². The Morgan fingerprint density at radius 3 is 2.33 bits per heavy atom. The van der Waals surface area contributed by atoms with Gasteiger partial charge in [0.25, 0.3) is 0 Å². The molecule has 0 spiro atoms. The lowest BCUT2D eigenvalue weighted by atomic mass is 10.3. The van der Waals surface area contributed by atoms with Gasteiger partial charge < -0.3 is 5.73 Å². The minimum atomic E-state index is -3.43. The monoisotopic (exact) mass is 229 g/mol. The van der Waals surface area contributed by atoms with Crippen LogP contribution in [0.1, 0.15) is 6.92 Å². The number of benzene rings is 1. The second-order valence-electron chi connectivity index (χ2n) is 3.06. The Labute approximate surface area is 90.1 Å². The highest BCUT2D eigenvalue weighted by Crippen LogP contribution is 2.16. The average molecular weight is 229 g/mol. The summed E-state index contributed by atoms with van der Waals surface area (Å²) in [5.74, 6) is 0. The van der Waals surface area contributed by atoms with E-state index in [2.05, 4.69) is 4.72 Å². The van der Waals surface area contributed by atoms with Crippen LogP contribution < -0.4 is 14.8 Å². The molecule has 1 aromatic carbocycles. The normalized spacial score (nSPS) is 11.3. The van der Waals surface area contributed by atoms with Crippen molar-refractivity contribution in [1.29, 1.82) is 0 Å². The maximum Gasteiger partial charge on any atom is 0.301 e. The van der Waals surface area contributed by atoms with Crippen LogP contribution in [-0.4, -0.2) is 22.0 Å². The van der Waals surface area contributed by atoms with E-state index in [4.69, 9.17) is 5.73 Å². The van der Waals surface area contributed by atoms with Crippen molar-refractivity contribution in [3.05, 3.63) is 24.3 Å². The maximum atomic E-state index is 11.6. The van der Waals surface area contributed by atoms with Crippen LogP contribution in [0.5, 0.6) is 0 Å². The third-order valence-corrected chi connectivity index (χ3v) is 3.53. The zero-order valence-electron chi connectivity index (χ0n) is 8.77. The Bertz CT molecular complexity index is 413. The van der Waals surface area contributed by atoms with Crippen molar-refractivity contribution in [3.63, 3.8) is 0 Å². The molecule has 0 aromatic heterocycles. The van der Waals surface area contributed by atoms with Gasteiger partial charge in [-0.1, -0.05) is 6.92 Å². The number of nitrogens with two attached hydrogens (primary N) is 1. The van der Waals surface area contributed by atoms with Crippen molar-refractivity contribution >= 4 is 21.6 Å². The van der Waals surface area contributed by atoms with Crippen LogP contribution in [0.3, 0.4) is 0 Å². The molecule has 0 saturated heterocycles. The first-order valence-corrected chi connectivity index (χ1v) is 6.00. The highest BCUT2D eigenvalue weighted by atomic mass is 32.2. The second-order valence-corrected chi connectivity index (χ2v) is 4.85. The zero-order valence-corrected chi connectivity index (χ0v) is 9.58. The van der Waals surface area contributed by atoms with E-state index >= 15 is 0 Å². The van der Waals surface area contributed by atoms with Crippen molar-refractivity contribution in [1.82, 2.24) is 4.72 Å². The number of hydrogen-bond acceptors (Lipinski definition) is 3. The van der Waals surface area contributed by atoms with Gasteiger partial charge in [0.05, 0.1) is 5.69 Å². The van der Waals surface area contributed by atoms with E-state index in [0.29, 0.717) is 17.9 Å². The van der Waals surface area contributed by atoms with Gasteiger partial charge in [-0.15, -0.1) is 0 Å². The molecule has 3 N–H and O–H groups in total. The summed E-state index contributed by atoms with van der Waals surface area (Å²) in [4.78, 5) is 0. The molecule has 84 valence electrons. The van der Waals surface area contributed by atoms with E-state index in [1.807, 2.05) is 0 Å². The van der Waals surface area contributed by atoms with Gasteiger partial charge >= 0.3 is 10.2 Å². The minimum absolute atomic E-state index is 0.363. The Morgan fingerprint density at radius 1 is 1.33 bits per heavy atom. The van der Waals surface area contributed by atoms with E-state index < -0.39 is 10.2 Å². The molecule has 6 heteroatoms. The SMILES string of the molecule is CCNS(=O)(=O)N(C)c1ccc(N)cc1. The van der Waals surface area contributed by atoms with E-state index in [1.54, 1.807) is 31.2 Å². The van der Waals surface area contributed by atoms with Gasteiger partial charge in [0, 0.05) is 19.3 Å². The summed E-state index contributed by atoms with van der Waals surface area (Å²) in [6.45, 7) is 2.09. The summed E-state index contributed by atoms with van der Waals surface area (Å²) in [5.41, 5.74) is 6.69. The Balaban J connectivity index is 2.94. The highest BCUT2D eigenvalue weighted by Gasteiger charge is 2.16. The predicted octanol–water partition coefficient (Wildman–Crippen LogP) is 0.559. The fourth-order valence-corrected chi connectivity index (χ4v) is 2.06. The van der Waals surface area contributed by atoms with Gasteiger partial charge in [-0.2, -0.15) is 13.1 Å². The molecule has 0 atom stereocenters. The summed E-state index contributed by atoms with van der Waals surface area (Å²) in [5, 5.41) is 0. The van der Waals surface area contributed by atoms with E-state index in [9.17, 15) is 8.42 Å². The molecule has 0 amide bonds. The van der Waals surface area contributed by atoms with Crippen LogP contribution in [0.2, 0.25) is 0 Å². The van der Waals surface area contributed by atoms with Gasteiger partial charge in [-0.05, 0) is 24.3 Å². The van der Waals surface area contributed by atoms with E-state index in [1.165, 1.54) is 11.4 Å². The molecule has 0 fully saturated rings. The molecule has 0 heterocycles. The molecule has 0 aliphatic heterocycles. The molecule has 0 aliphatic rings. The topological polar surface area (TPSA) is 75.4 Å². The van der Waals surface area contributed by atoms with Crippen LogP contribution >= 0.6 is 0 Å². The molecular formula is C9H15N3O2S. The third kappa shape index (κ3) is 2.84. The molecule has 5 nitrogen and oxygen atoms in total. The van der Waals surface area contributed by atoms with Gasteiger partial charge in [-0.25, -0.2) is 0 Å². The van der Waals surface area contributed by atoms with Crippen molar-refractivity contribution < 1.29 is 8.42 Å². The van der Waals surface area contributed by atoms with Gasteiger partial charge in [0.1, 0.15) is 0 Å². The summed E-state index contributed by atoms with van der Waals surface area (Å²) in [7, 11) is -1.94. The molecule has 0 unspecified atom stereocenters. The fourth-order valence-electron chi connectivity index (χ4n) is 1.10. The number of hydrogen-bond donors (Lipinski definition) is 2. The lowest BCUT2D eigenvalue weighted by molar-refractivity contribution is 0.582. The van der Waals surface area contributed by atoms with Crippen LogP contribution in [0, 0.1) is 0 Å². The average Bonchev–Trinajstić information content (AvgIpc) is 2.18. The maximum absolute atomic E-state index is 11.6. The Kier molecular flexibility index (Phi) is 3.54. The molecule has 0 aliphatic carbocycles. The van der Waals surface area contributed by atoms with E-state index in [0.717, 1.165) is 0 Å². The fraction of sp³-hybridized carbons (Fsp3) is 0.333. The smallest absolute Gasteiger partial charge is 0.301 e. The van der Waals surface area contributed by atoms with Gasteiger partial charge in [-0.3, -0.25) is 4.31 Å². The van der Waals surface area contributed by atoms with Crippen molar-refractivity contribution in [2.24, 2.45) is 0 Å². The van der Waals surface area contributed by atoms with E-state index in [-0.39, 0.29) is 0 Å². The summed E-state index contributed by atoms with van der Waals surface area (Å²) < 4.78 is 26.8. The Morgan fingerprint density at radius 2 is 1.87 bits per heavy atom. The first-order valence-electron chi connectivity index (χ1n) is 4.56. The highest BCUT2D eigenvalue weighted by molar-refractivity contribution is 7.90.